The number of aromatic nitrogens is 1. The molecule has 0 saturated heterocycles. The number of pyridine rings is 1. The number of nitrogens with two attached hydrogens (primary N) is 2. The molecule has 1 amide bonds. The summed E-state index contributed by atoms with van der Waals surface area (Å²) in [6, 6.07) is 11.2. The van der Waals surface area contributed by atoms with Crippen LogP contribution < -0.4 is 16.4 Å². The highest BCUT2D eigenvalue weighted by Gasteiger charge is 2.14. The molecule has 0 aliphatic rings. The van der Waals surface area contributed by atoms with E-state index in [4.69, 9.17) is 11.5 Å². The predicted octanol–water partition coefficient (Wildman–Crippen LogP) is 2.23. The molecular formula is C15H18N4O. The molecule has 0 fully saturated rings. The Morgan fingerprint density at radius 3 is 2.65 bits per heavy atom. The molecule has 1 aromatic carbocycles. The van der Waals surface area contributed by atoms with E-state index >= 15 is 0 Å². The lowest BCUT2D eigenvalue weighted by Crippen LogP contribution is -2.21. The molecule has 2 rings (SSSR count). The van der Waals surface area contributed by atoms with Crippen molar-refractivity contribution in [2.45, 2.75) is 13.8 Å². The maximum atomic E-state index is 11.3. The van der Waals surface area contributed by atoms with Gasteiger partial charge in [-0.15, -0.1) is 0 Å². The van der Waals surface area contributed by atoms with Crippen molar-refractivity contribution < 1.29 is 4.79 Å². The Morgan fingerprint density at radius 2 is 2.05 bits per heavy atom. The number of rotatable bonds is 4. The molecular weight excluding hydrogens is 252 g/mol. The van der Waals surface area contributed by atoms with Gasteiger partial charge in [-0.05, 0) is 43.7 Å². The van der Waals surface area contributed by atoms with Gasteiger partial charge in [-0.3, -0.25) is 4.79 Å². The van der Waals surface area contributed by atoms with Crippen LogP contribution in [0.4, 0.5) is 17.2 Å². The van der Waals surface area contributed by atoms with Crippen molar-refractivity contribution in [3.63, 3.8) is 0 Å². The standard InChI is InChI=1S/C15H18N4O/c1-3-19(11-6-4-5-10(2)9-11)15-12(16)7-8-13(18-15)14(17)20/h4-9H,3,16H2,1-2H3,(H2,17,20). The largest absolute Gasteiger partial charge is 0.396 e. The lowest BCUT2D eigenvalue weighted by Gasteiger charge is -2.24. The van der Waals surface area contributed by atoms with Crippen LogP contribution in [0.1, 0.15) is 23.0 Å². The average Bonchev–Trinajstić information content (AvgIpc) is 2.41. The second-order valence-electron chi connectivity index (χ2n) is 4.56. The average molecular weight is 270 g/mol. The summed E-state index contributed by atoms with van der Waals surface area (Å²) in [5.74, 6) is -0.0130. The van der Waals surface area contributed by atoms with Gasteiger partial charge in [0.2, 0.25) is 0 Å². The van der Waals surface area contributed by atoms with Crippen molar-refractivity contribution in [2.24, 2.45) is 5.73 Å². The number of carbonyl (C=O) groups is 1. The Hall–Kier alpha value is -2.56. The van der Waals surface area contributed by atoms with E-state index in [-0.39, 0.29) is 5.69 Å². The zero-order valence-corrected chi connectivity index (χ0v) is 11.6. The van der Waals surface area contributed by atoms with E-state index in [0.717, 1.165) is 11.3 Å². The van der Waals surface area contributed by atoms with Gasteiger partial charge >= 0.3 is 0 Å². The van der Waals surface area contributed by atoms with Gasteiger partial charge in [0.05, 0.1) is 5.69 Å². The molecule has 0 atom stereocenters. The number of amides is 1. The van der Waals surface area contributed by atoms with Gasteiger partial charge < -0.3 is 16.4 Å². The van der Waals surface area contributed by atoms with Crippen LogP contribution in [-0.2, 0) is 0 Å². The number of benzene rings is 1. The van der Waals surface area contributed by atoms with Crippen LogP contribution in [0.25, 0.3) is 0 Å². The lowest BCUT2D eigenvalue weighted by atomic mass is 10.2. The summed E-state index contributed by atoms with van der Waals surface area (Å²) in [4.78, 5) is 17.5. The number of hydrogen-bond acceptors (Lipinski definition) is 4. The van der Waals surface area contributed by atoms with E-state index in [1.807, 2.05) is 43.0 Å². The van der Waals surface area contributed by atoms with Crippen molar-refractivity contribution in [3.05, 3.63) is 47.7 Å². The van der Waals surface area contributed by atoms with Crippen molar-refractivity contribution in [3.8, 4) is 0 Å². The fraction of sp³-hybridized carbons (Fsp3) is 0.200. The number of carbonyl (C=O) groups excluding carboxylic acids is 1. The molecule has 0 aliphatic carbocycles. The first-order chi connectivity index (χ1) is 9.52. The Labute approximate surface area is 118 Å². The van der Waals surface area contributed by atoms with Crippen LogP contribution in [-0.4, -0.2) is 17.4 Å². The molecule has 2 aromatic rings. The normalized spacial score (nSPS) is 10.3. The summed E-state index contributed by atoms with van der Waals surface area (Å²) in [7, 11) is 0. The third-order valence-corrected chi connectivity index (χ3v) is 3.04. The number of nitrogens with zero attached hydrogens (tertiary/aromatic N) is 2. The first-order valence-electron chi connectivity index (χ1n) is 6.43. The molecule has 5 heteroatoms. The fourth-order valence-electron chi connectivity index (χ4n) is 2.06. The van der Waals surface area contributed by atoms with E-state index in [0.29, 0.717) is 18.1 Å². The van der Waals surface area contributed by atoms with E-state index in [1.165, 1.54) is 6.07 Å². The Balaban J connectivity index is 2.51. The topological polar surface area (TPSA) is 85.2 Å². The molecule has 0 radical (unpaired) electrons. The van der Waals surface area contributed by atoms with Crippen LogP contribution in [0.5, 0.6) is 0 Å². The SMILES string of the molecule is CCN(c1cccc(C)c1)c1nc(C(N)=O)ccc1N. The summed E-state index contributed by atoms with van der Waals surface area (Å²) >= 11 is 0. The maximum absolute atomic E-state index is 11.3. The fourth-order valence-corrected chi connectivity index (χ4v) is 2.06. The van der Waals surface area contributed by atoms with Crippen molar-refractivity contribution in [1.29, 1.82) is 0 Å². The minimum atomic E-state index is -0.563. The van der Waals surface area contributed by atoms with Crippen molar-refractivity contribution >= 4 is 23.1 Å². The lowest BCUT2D eigenvalue weighted by molar-refractivity contribution is 0.0995. The van der Waals surface area contributed by atoms with E-state index < -0.39 is 5.91 Å². The molecule has 104 valence electrons. The second kappa shape index (κ2) is 5.61. The third-order valence-electron chi connectivity index (χ3n) is 3.04. The Morgan fingerprint density at radius 1 is 1.30 bits per heavy atom. The molecule has 1 heterocycles. The van der Waals surface area contributed by atoms with Gasteiger partial charge in [-0.25, -0.2) is 4.98 Å². The summed E-state index contributed by atoms with van der Waals surface area (Å²) in [5, 5.41) is 0. The Kier molecular flexibility index (Phi) is 3.89. The second-order valence-corrected chi connectivity index (χ2v) is 4.56. The van der Waals surface area contributed by atoms with Crippen LogP contribution in [0.2, 0.25) is 0 Å². The Bertz CT molecular complexity index is 640. The zero-order chi connectivity index (χ0) is 14.7. The number of hydrogen-bond donors (Lipinski definition) is 2. The van der Waals surface area contributed by atoms with Gasteiger partial charge in [-0.2, -0.15) is 0 Å². The molecule has 0 aliphatic heterocycles. The molecule has 20 heavy (non-hydrogen) atoms. The first-order valence-corrected chi connectivity index (χ1v) is 6.43. The van der Waals surface area contributed by atoms with E-state index in [9.17, 15) is 4.79 Å². The monoisotopic (exact) mass is 270 g/mol. The molecule has 0 bridgehead atoms. The summed E-state index contributed by atoms with van der Waals surface area (Å²) in [5.41, 5.74) is 14.1. The van der Waals surface area contributed by atoms with Crippen molar-refractivity contribution in [1.82, 2.24) is 4.98 Å². The van der Waals surface area contributed by atoms with E-state index in [1.54, 1.807) is 6.07 Å². The zero-order valence-electron chi connectivity index (χ0n) is 11.6. The smallest absolute Gasteiger partial charge is 0.267 e. The highest BCUT2D eigenvalue weighted by Crippen LogP contribution is 2.28. The molecule has 1 aromatic heterocycles. The van der Waals surface area contributed by atoms with Crippen LogP contribution in [0.15, 0.2) is 36.4 Å². The van der Waals surface area contributed by atoms with Gasteiger partial charge in [-0.1, -0.05) is 12.1 Å². The quantitative estimate of drug-likeness (QED) is 0.892. The number of aryl methyl sites for hydroxylation is 1. The highest BCUT2D eigenvalue weighted by atomic mass is 16.1. The van der Waals surface area contributed by atoms with E-state index in [2.05, 4.69) is 4.98 Å². The highest BCUT2D eigenvalue weighted by molar-refractivity contribution is 5.92. The van der Waals surface area contributed by atoms with Gasteiger partial charge in [0.25, 0.3) is 5.91 Å². The van der Waals surface area contributed by atoms with Crippen LogP contribution >= 0.6 is 0 Å². The molecule has 5 nitrogen and oxygen atoms in total. The minimum Gasteiger partial charge on any atom is -0.396 e. The number of primary amides is 1. The summed E-state index contributed by atoms with van der Waals surface area (Å²) < 4.78 is 0. The summed E-state index contributed by atoms with van der Waals surface area (Å²) in [6.07, 6.45) is 0. The van der Waals surface area contributed by atoms with Gasteiger partial charge in [0.1, 0.15) is 5.69 Å². The number of anilines is 3. The maximum Gasteiger partial charge on any atom is 0.267 e. The van der Waals surface area contributed by atoms with Crippen LogP contribution in [0, 0.1) is 6.92 Å². The minimum absolute atomic E-state index is 0.209. The molecule has 0 spiro atoms. The van der Waals surface area contributed by atoms with Crippen LogP contribution in [0.3, 0.4) is 0 Å². The van der Waals surface area contributed by atoms with Gasteiger partial charge in [0, 0.05) is 12.2 Å². The molecule has 0 saturated carbocycles. The summed E-state index contributed by atoms with van der Waals surface area (Å²) in [6.45, 7) is 4.71. The first kappa shape index (κ1) is 13.9. The third kappa shape index (κ3) is 2.71. The van der Waals surface area contributed by atoms with Gasteiger partial charge in [0.15, 0.2) is 5.82 Å². The predicted molar refractivity (Wildman–Crippen MR) is 81.0 cm³/mol. The number of nitrogen functional groups attached to an aromatic ring is 1. The molecule has 4 N–H and O–H groups in total. The van der Waals surface area contributed by atoms with Crippen molar-refractivity contribution in [2.75, 3.05) is 17.2 Å². The molecule has 0 unspecified atom stereocenters.